The number of aryl methyl sites for hydroxylation is 1. The Hall–Kier alpha value is -2.05. The third-order valence-corrected chi connectivity index (χ3v) is 5.06. The Morgan fingerprint density at radius 1 is 0.957 bits per heavy atom. The quantitative estimate of drug-likeness (QED) is 0.845. The molecule has 0 fully saturated rings. The van der Waals surface area contributed by atoms with Gasteiger partial charge in [0.15, 0.2) is 11.5 Å². The molecule has 1 aliphatic rings. The van der Waals surface area contributed by atoms with E-state index in [-0.39, 0.29) is 19.1 Å². The van der Waals surface area contributed by atoms with E-state index in [1.807, 2.05) is 36.4 Å². The van der Waals surface area contributed by atoms with E-state index in [4.69, 9.17) is 9.47 Å². The van der Waals surface area contributed by atoms with Gasteiger partial charge >= 0.3 is 0 Å². The summed E-state index contributed by atoms with van der Waals surface area (Å²) in [6.07, 6.45) is 1.35. The van der Waals surface area contributed by atoms with Crippen molar-refractivity contribution in [3.63, 3.8) is 0 Å². The van der Waals surface area contributed by atoms with Gasteiger partial charge in [0.25, 0.3) is 0 Å². The van der Waals surface area contributed by atoms with Gasteiger partial charge in [0.1, 0.15) is 0 Å². The lowest BCUT2D eigenvalue weighted by molar-refractivity contribution is 0.174. The van der Waals surface area contributed by atoms with E-state index in [0.29, 0.717) is 17.9 Å². The summed E-state index contributed by atoms with van der Waals surface area (Å²) in [6, 6.07) is 15.3. The number of nitrogens with one attached hydrogen (secondary N) is 1. The molecule has 0 amide bonds. The third kappa shape index (κ3) is 4.46. The molecular formula is C17H19NO4S. The first-order valence-corrected chi connectivity index (χ1v) is 9.17. The first-order chi connectivity index (χ1) is 11.1. The molecule has 2 aromatic rings. The minimum absolute atomic E-state index is 0.118. The number of hydrogen-bond donors (Lipinski definition) is 1. The summed E-state index contributed by atoms with van der Waals surface area (Å²) < 4.78 is 37.3. The Morgan fingerprint density at radius 2 is 1.74 bits per heavy atom. The van der Waals surface area contributed by atoms with Crippen molar-refractivity contribution >= 4 is 10.0 Å². The van der Waals surface area contributed by atoms with Crippen LogP contribution in [0.2, 0.25) is 0 Å². The Bertz CT molecular complexity index is 759. The van der Waals surface area contributed by atoms with E-state index in [9.17, 15) is 8.42 Å². The molecule has 5 nitrogen and oxygen atoms in total. The van der Waals surface area contributed by atoms with Gasteiger partial charge in [-0.15, -0.1) is 0 Å². The van der Waals surface area contributed by atoms with Gasteiger partial charge in [0, 0.05) is 6.54 Å². The lowest BCUT2D eigenvalue weighted by Crippen LogP contribution is -2.26. The maximum atomic E-state index is 12.1. The molecule has 0 radical (unpaired) electrons. The number of benzene rings is 2. The molecule has 0 aliphatic carbocycles. The highest BCUT2D eigenvalue weighted by Crippen LogP contribution is 2.32. The molecule has 23 heavy (non-hydrogen) atoms. The summed E-state index contributed by atoms with van der Waals surface area (Å²) in [4.78, 5) is 0. The number of sulfonamides is 1. The molecule has 0 unspecified atom stereocenters. The molecule has 3 rings (SSSR count). The molecule has 0 spiro atoms. The topological polar surface area (TPSA) is 64.6 Å². The zero-order chi connectivity index (χ0) is 16.1. The largest absolute Gasteiger partial charge is 0.454 e. The number of ether oxygens (including phenoxy) is 2. The van der Waals surface area contributed by atoms with Crippen LogP contribution in [0.1, 0.15) is 17.5 Å². The first kappa shape index (κ1) is 15.8. The van der Waals surface area contributed by atoms with Crippen molar-refractivity contribution in [2.24, 2.45) is 0 Å². The Labute approximate surface area is 136 Å². The summed E-state index contributed by atoms with van der Waals surface area (Å²) in [7, 11) is -3.29. The van der Waals surface area contributed by atoms with Gasteiger partial charge in [-0.1, -0.05) is 36.4 Å². The molecule has 1 aliphatic heterocycles. The van der Waals surface area contributed by atoms with E-state index < -0.39 is 10.0 Å². The third-order valence-electron chi connectivity index (χ3n) is 3.65. The molecule has 6 heteroatoms. The molecule has 0 saturated heterocycles. The van der Waals surface area contributed by atoms with Gasteiger partial charge in [-0.2, -0.15) is 0 Å². The van der Waals surface area contributed by atoms with Crippen LogP contribution in [0, 0.1) is 0 Å². The second-order valence-electron chi connectivity index (χ2n) is 5.42. The summed E-state index contributed by atoms with van der Waals surface area (Å²) in [6.45, 7) is 0.467. The molecule has 2 aromatic carbocycles. The minimum Gasteiger partial charge on any atom is -0.454 e. The van der Waals surface area contributed by atoms with Gasteiger partial charge in [0.05, 0.1) is 5.75 Å². The van der Waals surface area contributed by atoms with E-state index in [2.05, 4.69) is 4.72 Å². The normalized spacial score (nSPS) is 13.2. The summed E-state index contributed by atoms with van der Waals surface area (Å²) in [5, 5.41) is 0. The van der Waals surface area contributed by atoms with Gasteiger partial charge in [-0.25, -0.2) is 13.1 Å². The highest BCUT2D eigenvalue weighted by Gasteiger charge is 2.14. The van der Waals surface area contributed by atoms with Crippen molar-refractivity contribution in [3.8, 4) is 11.5 Å². The average Bonchev–Trinajstić information content (AvgIpc) is 3.01. The number of hydrogen-bond acceptors (Lipinski definition) is 4. The van der Waals surface area contributed by atoms with Crippen molar-refractivity contribution in [1.82, 2.24) is 4.72 Å². The molecule has 0 atom stereocenters. The molecule has 1 N–H and O–H groups in total. The molecule has 0 bridgehead atoms. The fourth-order valence-electron chi connectivity index (χ4n) is 2.43. The van der Waals surface area contributed by atoms with Crippen LogP contribution in [0.5, 0.6) is 11.5 Å². The van der Waals surface area contributed by atoms with Crippen LogP contribution in [-0.4, -0.2) is 21.0 Å². The Kier molecular flexibility index (Phi) is 4.83. The maximum absolute atomic E-state index is 12.1. The zero-order valence-corrected chi connectivity index (χ0v) is 13.5. The number of rotatable bonds is 7. The van der Waals surface area contributed by atoms with Gasteiger partial charge in [0.2, 0.25) is 16.8 Å². The molecule has 0 aromatic heterocycles. The first-order valence-electron chi connectivity index (χ1n) is 7.52. The second kappa shape index (κ2) is 7.02. The molecule has 122 valence electrons. The van der Waals surface area contributed by atoms with Crippen LogP contribution in [0.4, 0.5) is 0 Å². The van der Waals surface area contributed by atoms with Gasteiger partial charge in [-0.3, -0.25) is 0 Å². The van der Waals surface area contributed by atoms with Crippen LogP contribution in [-0.2, 0) is 23.0 Å². The highest BCUT2D eigenvalue weighted by molar-refractivity contribution is 7.89. The maximum Gasteiger partial charge on any atom is 0.231 e. The highest BCUT2D eigenvalue weighted by atomic mass is 32.2. The Balaban J connectivity index is 1.48. The summed E-state index contributed by atoms with van der Waals surface area (Å²) in [5.74, 6) is 1.47. The Morgan fingerprint density at radius 3 is 2.57 bits per heavy atom. The van der Waals surface area contributed by atoms with E-state index in [1.165, 1.54) is 0 Å². The van der Waals surface area contributed by atoms with Crippen molar-refractivity contribution in [2.45, 2.75) is 19.4 Å². The van der Waals surface area contributed by atoms with Crippen LogP contribution in [0.15, 0.2) is 48.5 Å². The van der Waals surface area contributed by atoms with Crippen LogP contribution >= 0.6 is 0 Å². The molecule has 1 heterocycles. The lowest BCUT2D eigenvalue weighted by Gasteiger charge is -2.07. The fraction of sp³-hybridized carbons (Fsp3) is 0.294. The van der Waals surface area contributed by atoms with Gasteiger partial charge in [-0.05, 0) is 36.1 Å². The molecular weight excluding hydrogens is 314 g/mol. The smallest absolute Gasteiger partial charge is 0.231 e. The summed E-state index contributed by atoms with van der Waals surface area (Å²) >= 11 is 0. The minimum atomic E-state index is -3.29. The van der Waals surface area contributed by atoms with E-state index in [1.54, 1.807) is 12.1 Å². The predicted molar refractivity (Wildman–Crippen MR) is 88.0 cm³/mol. The average molecular weight is 333 g/mol. The fourth-order valence-corrected chi connectivity index (χ4v) is 3.48. The standard InChI is InChI=1S/C17H19NO4S/c19-23(20,10-4-7-14-5-2-1-3-6-14)18-12-15-8-9-16-17(11-15)22-13-21-16/h1-3,5-6,8-9,11,18H,4,7,10,12-13H2. The summed E-state index contributed by atoms with van der Waals surface area (Å²) in [5.41, 5.74) is 2.00. The van der Waals surface area contributed by atoms with Crippen LogP contribution in [0.25, 0.3) is 0 Å². The second-order valence-corrected chi connectivity index (χ2v) is 7.34. The van der Waals surface area contributed by atoms with E-state index >= 15 is 0 Å². The lowest BCUT2D eigenvalue weighted by atomic mass is 10.1. The van der Waals surface area contributed by atoms with Crippen molar-refractivity contribution in [2.75, 3.05) is 12.5 Å². The van der Waals surface area contributed by atoms with Crippen LogP contribution < -0.4 is 14.2 Å². The zero-order valence-electron chi connectivity index (χ0n) is 12.7. The number of fused-ring (bicyclic) bond motifs is 1. The van der Waals surface area contributed by atoms with E-state index in [0.717, 1.165) is 17.5 Å². The SMILES string of the molecule is O=S(=O)(CCCc1ccccc1)NCc1ccc2c(c1)OCO2. The molecule has 0 saturated carbocycles. The van der Waals surface area contributed by atoms with Gasteiger partial charge < -0.3 is 9.47 Å². The monoisotopic (exact) mass is 333 g/mol. The van der Waals surface area contributed by atoms with Crippen molar-refractivity contribution in [3.05, 3.63) is 59.7 Å². The van der Waals surface area contributed by atoms with Crippen molar-refractivity contribution < 1.29 is 17.9 Å². The predicted octanol–water partition coefficient (Wildman–Crippen LogP) is 2.47. The van der Waals surface area contributed by atoms with Crippen LogP contribution in [0.3, 0.4) is 0 Å². The van der Waals surface area contributed by atoms with Crippen molar-refractivity contribution in [1.29, 1.82) is 0 Å².